The quantitative estimate of drug-likeness (QED) is 0.0158. The Labute approximate surface area is 569 Å². The fraction of sp³-hybridized carbons (Fsp3) is 0.754. The van der Waals surface area contributed by atoms with Crippen molar-refractivity contribution in [1.82, 2.24) is 4.90 Å². The van der Waals surface area contributed by atoms with Crippen molar-refractivity contribution in [3.63, 3.8) is 0 Å². The van der Waals surface area contributed by atoms with Crippen LogP contribution in [0.25, 0.3) is 0 Å². The molecule has 0 aromatic heterocycles. The van der Waals surface area contributed by atoms with Gasteiger partial charge in [0.05, 0.1) is 74.0 Å². The number of carboxylic acids is 1. The zero-order valence-electron chi connectivity index (χ0n) is 56.5. The molecular weight excluding hydrogens is 1290 g/mol. The van der Waals surface area contributed by atoms with E-state index in [0.29, 0.717) is 58.2 Å². The van der Waals surface area contributed by atoms with Crippen molar-refractivity contribution in [2.75, 3.05) is 53.2 Å². The number of amides is 1. The second-order valence-corrected chi connectivity index (χ2v) is 26.3. The van der Waals surface area contributed by atoms with Crippen LogP contribution in [0.15, 0.2) is 60.7 Å². The average molecular weight is 1400 g/mol. The number of rotatable bonds is 34. The minimum absolute atomic E-state index is 0.0677. The van der Waals surface area contributed by atoms with Gasteiger partial charge in [0.15, 0.2) is 31.4 Å². The lowest BCUT2D eigenvalue weighted by molar-refractivity contribution is -0.369. The lowest BCUT2D eigenvalue weighted by Crippen LogP contribution is -2.67. The van der Waals surface area contributed by atoms with Crippen LogP contribution in [0, 0.1) is 17.8 Å². The summed E-state index contributed by atoms with van der Waals surface area (Å²) < 4.78 is 89.3. The maximum Gasteiger partial charge on any atom is 0.410 e. The fourth-order valence-corrected chi connectivity index (χ4v) is 12.9. The summed E-state index contributed by atoms with van der Waals surface area (Å²) in [5.74, 6) is -8.66. The van der Waals surface area contributed by atoms with Gasteiger partial charge in [0.1, 0.15) is 67.6 Å². The Morgan fingerprint density at radius 1 is 0.753 bits per heavy atom. The number of hydrogen-bond acceptors (Lipinski definition) is 27. The van der Waals surface area contributed by atoms with Crippen molar-refractivity contribution in [2.45, 2.75) is 241 Å². The molecule has 0 bridgehead atoms. The molecule has 5 fully saturated rings. The van der Waals surface area contributed by atoms with E-state index in [1.54, 1.807) is 25.6 Å². The molecule has 7 rings (SSSR count). The molecule has 5 heterocycles. The standard InChI is InChI=1S/C45H64B2NO13P.C20H37NO14/c1-9-29(2)37-36(46-47-62-52)31(4)39(57-32(5)49)41(58-37)59-38-30(3)25-45(42(50)53-8,61-40(38)35-28-56-44(6,7)60-35)55-24-18-12-17-23-48(26-33-19-13-10-14-20-33)43(51)54-27-34-21-15-11-16-22-34;21-4-2-1-3-5-32-20(19(30)31)6-9(24)16(17(35-20)11(26)8-23)34-18-14(29)12(27)13(28)15(33-18)10(25)7-22/h10-11,13-16,19-22,29-31,35-41H,9,12,17-18,23-28H2,1-8H3;9-18,22-29H,1-8,21H2,(H,30,31)/t29-,30?,31?,35+,36-,37?,38+,39+,40?,41+,45+;9?,10-,11+,12?,13-,14+,15?,16+,17?,18+,20+/m00/s1. The Bertz CT molecular complexity index is 2710. The van der Waals surface area contributed by atoms with Crippen molar-refractivity contribution >= 4 is 46.4 Å². The number of aliphatic carboxylic acids is 1. The van der Waals surface area contributed by atoms with E-state index in [-0.39, 0.29) is 70.9 Å². The van der Waals surface area contributed by atoms with Crippen molar-refractivity contribution in [3.8, 4) is 0 Å². The highest BCUT2D eigenvalue weighted by atomic mass is 31.1. The minimum Gasteiger partial charge on any atom is -0.477 e. The largest absolute Gasteiger partial charge is 0.477 e. The lowest BCUT2D eigenvalue weighted by Gasteiger charge is -2.51. The third-order valence-corrected chi connectivity index (χ3v) is 18.4. The molecule has 32 heteroatoms. The van der Waals surface area contributed by atoms with E-state index < -0.39 is 153 Å². The van der Waals surface area contributed by atoms with E-state index in [2.05, 4.69) is 13.8 Å². The van der Waals surface area contributed by atoms with E-state index in [9.17, 15) is 64.6 Å². The number of unbranched alkanes of at least 4 members (excludes halogenated alkanes) is 4. The summed E-state index contributed by atoms with van der Waals surface area (Å²) in [5, 5.41) is 89.8. The van der Waals surface area contributed by atoms with Gasteiger partial charge < -0.3 is 118 Å². The van der Waals surface area contributed by atoms with Crippen LogP contribution in [-0.4, -0.2) is 258 Å². The first kappa shape index (κ1) is 81.6. The number of benzene rings is 2. The molecule has 22 atom stereocenters. The smallest absolute Gasteiger partial charge is 0.410 e. The number of methoxy groups -OCH3 is 1. The van der Waals surface area contributed by atoms with E-state index in [1.807, 2.05) is 81.7 Å². The van der Waals surface area contributed by atoms with Crippen LogP contribution in [0.2, 0.25) is 5.82 Å². The highest BCUT2D eigenvalue weighted by Gasteiger charge is 2.60. The third-order valence-electron chi connectivity index (χ3n) is 18.1. The molecule has 2 aromatic carbocycles. The number of nitrogens with zero attached hydrogens (tertiary/aromatic N) is 1. The number of carbonyl (C=O) groups is 4. The molecule has 0 saturated carbocycles. The van der Waals surface area contributed by atoms with Gasteiger partial charge in [0, 0.05) is 32.9 Å². The van der Waals surface area contributed by atoms with Crippen LogP contribution in [0.5, 0.6) is 0 Å². The number of ether oxygens (including phenoxy) is 13. The molecular formula is C65H101B2N2O27P. The minimum atomic E-state index is -2.39. The van der Waals surface area contributed by atoms with Crippen molar-refractivity contribution in [1.29, 1.82) is 0 Å². The van der Waals surface area contributed by atoms with Crippen LogP contribution < -0.4 is 5.73 Å². The number of hydrogen-bond donors (Lipinski definition) is 10. The summed E-state index contributed by atoms with van der Waals surface area (Å²) in [4.78, 5) is 53.3. The summed E-state index contributed by atoms with van der Waals surface area (Å²) in [6, 6.07) is 19.3. The van der Waals surface area contributed by atoms with Gasteiger partial charge in [0.2, 0.25) is 0 Å². The first-order chi connectivity index (χ1) is 46.2. The number of nitrogens with two attached hydrogens (primary N) is 1. The molecule has 544 valence electrons. The van der Waals surface area contributed by atoms with E-state index in [4.69, 9.17) is 72.4 Å². The maximum absolute atomic E-state index is 13.8. The Hall–Kier alpha value is -4.41. The van der Waals surface area contributed by atoms with E-state index >= 15 is 0 Å². The fourth-order valence-electron chi connectivity index (χ4n) is 12.6. The molecule has 5 aliphatic rings. The summed E-state index contributed by atoms with van der Waals surface area (Å²) >= 11 is 0. The Morgan fingerprint density at radius 3 is 1.94 bits per heavy atom. The van der Waals surface area contributed by atoms with Crippen LogP contribution in [0.3, 0.4) is 0 Å². The Kier molecular flexibility index (Phi) is 32.9. The van der Waals surface area contributed by atoms with Gasteiger partial charge in [-0.15, -0.1) is 0 Å². The predicted octanol–water partition coefficient (Wildman–Crippen LogP) is 2.46. The summed E-state index contributed by atoms with van der Waals surface area (Å²) in [6.07, 6.45) is -18.4. The number of aliphatic hydroxyl groups is 8. The van der Waals surface area contributed by atoms with Crippen molar-refractivity contribution < 1.29 is 131 Å². The average Bonchev–Trinajstić information content (AvgIpc) is 1.57. The highest BCUT2D eigenvalue weighted by molar-refractivity contribution is 7.71. The number of carbonyl (C=O) groups excluding carboxylic acids is 3. The van der Waals surface area contributed by atoms with E-state index in [0.717, 1.165) is 17.5 Å². The van der Waals surface area contributed by atoms with Crippen molar-refractivity contribution in [3.05, 3.63) is 71.8 Å². The first-order valence-corrected chi connectivity index (χ1v) is 34.2. The lowest BCUT2D eigenvalue weighted by atomic mass is 9.40. The zero-order valence-corrected chi connectivity index (χ0v) is 57.4. The van der Waals surface area contributed by atoms with Gasteiger partial charge >= 0.3 is 24.0 Å². The zero-order chi connectivity index (χ0) is 71.2. The highest BCUT2D eigenvalue weighted by Crippen LogP contribution is 2.46. The second kappa shape index (κ2) is 39.1. The molecule has 29 nitrogen and oxygen atoms in total. The van der Waals surface area contributed by atoms with Crippen LogP contribution in [0.1, 0.15) is 117 Å². The molecule has 8 unspecified atom stereocenters. The molecule has 97 heavy (non-hydrogen) atoms. The molecule has 0 spiro atoms. The van der Waals surface area contributed by atoms with Crippen molar-refractivity contribution in [2.24, 2.45) is 23.5 Å². The SMILES string of the molecule is CC[C@H](C)C1O[C@H](O[C@@H]2C(C)C[C@](OCCCCCN(Cc3ccccc3)C(=O)OCc3ccccc3)(C(=O)OC)OC2[C@H]2COC(C)(C)O2)[C@H](OC(C)=O)C(C)[C@@H]1[B][B]P=O.NCCCCCO[C@]1(C(=O)O)CC(O)[C@@H](O[C@H]2OC([C@@H](O)CO)[C@@H](O)C(O)[C@H]2O)C([C@H](O)CO)O1. The third kappa shape index (κ3) is 22.3. The van der Waals surface area contributed by atoms with Gasteiger partial charge in [-0.25, -0.2) is 14.4 Å². The first-order valence-electron chi connectivity index (χ1n) is 33.3. The summed E-state index contributed by atoms with van der Waals surface area (Å²) in [7, 11) is 3.02. The number of esters is 2. The molecule has 2 aromatic rings. The van der Waals surface area contributed by atoms with Crippen LogP contribution in [0.4, 0.5) is 4.79 Å². The number of carboxylic acid groups (broad SMARTS) is 1. The molecule has 5 saturated heterocycles. The molecule has 0 aliphatic carbocycles. The Morgan fingerprint density at radius 2 is 1.36 bits per heavy atom. The Balaban J connectivity index is 0.000000359. The normalized spacial score (nSPS) is 33.5. The van der Waals surface area contributed by atoms with E-state index in [1.165, 1.54) is 14.0 Å². The molecule has 5 aliphatic heterocycles. The van der Waals surface area contributed by atoms with Gasteiger partial charge in [-0.1, -0.05) is 94.8 Å². The number of aliphatic hydroxyl groups excluding tert-OH is 8. The van der Waals surface area contributed by atoms with Gasteiger partial charge in [-0.2, -0.15) is 0 Å². The van der Waals surface area contributed by atoms with Crippen LogP contribution >= 0.6 is 8.34 Å². The summed E-state index contributed by atoms with van der Waals surface area (Å²) in [5.41, 5.74) is 7.32. The van der Waals surface area contributed by atoms with Gasteiger partial charge in [-0.3, -0.25) is 9.36 Å². The van der Waals surface area contributed by atoms with Crippen LogP contribution in [-0.2, 0) is 93.7 Å². The molecule has 1 amide bonds. The van der Waals surface area contributed by atoms with Gasteiger partial charge in [0.25, 0.3) is 11.6 Å². The maximum atomic E-state index is 13.8. The second-order valence-electron chi connectivity index (χ2n) is 25.8. The van der Waals surface area contributed by atoms with Gasteiger partial charge in [-0.05, 0) is 93.6 Å². The molecule has 11 N–H and O–H groups in total. The molecule has 2 radical (unpaired) electrons. The summed E-state index contributed by atoms with van der Waals surface area (Å²) in [6.45, 7) is 14.5. The predicted molar refractivity (Wildman–Crippen MR) is 345 cm³/mol. The monoisotopic (exact) mass is 1390 g/mol. The topological polar surface area (TPSA) is 417 Å².